The second kappa shape index (κ2) is 10.9. The molecule has 1 aromatic heterocycles. The van der Waals surface area contributed by atoms with Crippen molar-refractivity contribution < 1.29 is 19.7 Å². The number of hydrogen-bond donors (Lipinski definition) is 3. The molecular formula is C24H20ClN5O4S. The first-order chi connectivity index (χ1) is 16.9. The highest BCUT2D eigenvalue weighted by molar-refractivity contribution is 7.99. The van der Waals surface area contributed by atoms with E-state index >= 15 is 0 Å². The maximum atomic E-state index is 12.3. The summed E-state index contributed by atoms with van der Waals surface area (Å²) in [5.41, 5.74) is 4.37. The average molecular weight is 510 g/mol. The molecule has 4 aromatic rings. The van der Waals surface area contributed by atoms with Gasteiger partial charge in [0, 0.05) is 27.9 Å². The Bertz CT molecular complexity index is 1360. The number of halogens is 1. The summed E-state index contributed by atoms with van der Waals surface area (Å²) in [6.45, 7) is 0. The molecule has 1 heterocycles. The third kappa shape index (κ3) is 5.92. The molecular weight excluding hydrogens is 490 g/mol. The van der Waals surface area contributed by atoms with Crippen LogP contribution in [0.25, 0.3) is 17.1 Å². The first-order valence-corrected chi connectivity index (χ1v) is 11.6. The lowest BCUT2D eigenvalue weighted by Crippen LogP contribution is -2.20. The van der Waals surface area contributed by atoms with E-state index in [0.717, 1.165) is 17.0 Å². The predicted molar refractivity (Wildman–Crippen MR) is 135 cm³/mol. The minimum atomic E-state index is -0.374. The van der Waals surface area contributed by atoms with Crippen molar-refractivity contribution in [2.75, 3.05) is 12.9 Å². The van der Waals surface area contributed by atoms with Gasteiger partial charge in [-0.25, -0.2) is 5.43 Å². The van der Waals surface area contributed by atoms with Gasteiger partial charge in [0.15, 0.2) is 11.0 Å². The number of phenolic OH excluding ortho intramolecular Hbond substituents is 2. The Morgan fingerprint density at radius 1 is 1.11 bits per heavy atom. The highest BCUT2D eigenvalue weighted by atomic mass is 35.5. The number of ether oxygens (including phenoxy) is 1. The Morgan fingerprint density at radius 3 is 2.54 bits per heavy atom. The lowest BCUT2D eigenvalue weighted by molar-refractivity contribution is -0.118. The summed E-state index contributed by atoms with van der Waals surface area (Å²) in [6, 6.07) is 18.7. The lowest BCUT2D eigenvalue weighted by Gasteiger charge is -2.11. The number of aromatic nitrogens is 3. The molecule has 0 spiro atoms. The van der Waals surface area contributed by atoms with E-state index in [2.05, 4.69) is 20.7 Å². The van der Waals surface area contributed by atoms with Crippen molar-refractivity contribution in [1.82, 2.24) is 20.2 Å². The van der Waals surface area contributed by atoms with Crippen LogP contribution in [0.2, 0.25) is 5.02 Å². The fourth-order valence-corrected chi connectivity index (χ4v) is 3.96. The topological polar surface area (TPSA) is 122 Å². The second-order valence-corrected chi connectivity index (χ2v) is 8.55. The van der Waals surface area contributed by atoms with Crippen LogP contribution in [0.15, 0.2) is 77.0 Å². The van der Waals surface area contributed by atoms with Gasteiger partial charge in [-0.15, -0.1) is 10.2 Å². The summed E-state index contributed by atoms with van der Waals surface area (Å²) >= 11 is 7.25. The molecule has 0 saturated carbocycles. The first-order valence-electron chi connectivity index (χ1n) is 10.3. The van der Waals surface area contributed by atoms with E-state index in [0.29, 0.717) is 21.6 Å². The number of carbonyl (C=O) groups excluding carboxylic acids is 1. The number of rotatable bonds is 8. The molecule has 0 fully saturated rings. The molecule has 1 amide bonds. The number of amides is 1. The number of carbonyl (C=O) groups is 1. The smallest absolute Gasteiger partial charge is 0.250 e. The largest absolute Gasteiger partial charge is 0.508 e. The maximum Gasteiger partial charge on any atom is 0.250 e. The predicted octanol–water partition coefficient (Wildman–Crippen LogP) is 4.25. The maximum absolute atomic E-state index is 12.3. The molecule has 0 bridgehead atoms. The number of nitrogens with one attached hydrogen (secondary N) is 1. The van der Waals surface area contributed by atoms with Gasteiger partial charge in [-0.2, -0.15) is 5.10 Å². The Labute approximate surface area is 210 Å². The standard InChI is InChI=1S/C24H20ClN5O4S/c1-34-20-10-3-15(4-11-20)23-28-29-24(30(23)18-7-5-17(25)6-8-18)35-14-22(33)27-26-13-16-2-9-19(31)12-21(16)32/h2-13,31-32H,14H2,1H3,(H,27,33)/b26-13-. The summed E-state index contributed by atoms with van der Waals surface area (Å²) in [7, 11) is 1.60. The van der Waals surface area contributed by atoms with Crippen molar-refractivity contribution in [3.8, 4) is 34.3 Å². The number of phenols is 2. The van der Waals surface area contributed by atoms with Crippen molar-refractivity contribution in [2.24, 2.45) is 5.10 Å². The number of hydrogen-bond acceptors (Lipinski definition) is 8. The van der Waals surface area contributed by atoms with Gasteiger partial charge in [0.25, 0.3) is 5.91 Å². The zero-order valence-corrected chi connectivity index (χ0v) is 20.0. The van der Waals surface area contributed by atoms with Crippen molar-refractivity contribution in [3.05, 3.63) is 77.3 Å². The van der Waals surface area contributed by atoms with Crippen LogP contribution < -0.4 is 10.2 Å². The van der Waals surface area contributed by atoms with Gasteiger partial charge < -0.3 is 14.9 Å². The second-order valence-electron chi connectivity index (χ2n) is 7.17. The third-order valence-corrected chi connectivity index (χ3v) is 5.99. The van der Waals surface area contributed by atoms with E-state index in [1.54, 1.807) is 19.2 Å². The number of thioether (sulfide) groups is 1. The fourth-order valence-electron chi connectivity index (χ4n) is 3.09. The molecule has 3 N–H and O–H groups in total. The Kier molecular flexibility index (Phi) is 7.54. The Balaban J connectivity index is 1.51. The van der Waals surface area contributed by atoms with E-state index in [1.165, 1.54) is 36.2 Å². The van der Waals surface area contributed by atoms with Gasteiger partial charge in [-0.05, 0) is 60.7 Å². The van der Waals surface area contributed by atoms with E-state index in [9.17, 15) is 15.0 Å². The summed E-state index contributed by atoms with van der Waals surface area (Å²) in [4.78, 5) is 12.3. The zero-order chi connectivity index (χ0) is 24.8. The average Bonchev–Trinajstić information content (AvgIpc) is 3.28. The molecule has 0 aliphatic heterocycles. The van der Waals surface area contributed by atoms with Crippen molar-refractivity contribution in [1.29, 1.82) is 0 Å². The van der Waals surface area contributed by atoms with Crippen molar-refractivity contribution in [2.45, 2.75) is 5.16 Å². The van der Waals surface area contributed by atoms with Gasteiger partial charge in [-0.1, -0.05) is 23.4 Å². The van der Waals surface area contributed by atoms with Crippen LogP contribution in [0.4, 0.5) is 0 Å². The monoisotopic (exact) mass is 509 g/mol. The molecule has 35 heavy (non-hydrogen) atoms. The molecule has 11 heteroatoms. The number of nitrogens with zero attached hydrogens (tertiary/aromatic N) is 4. The molecule has 3 aromatic carbocycles. The fraction of sp³-hybridized carbons (Fsp3) is 0.0833. The highest BCUT2D eigenvalue weighted by Crippen LogP contribution is 2.29. The van der Waals surface area contributed by atoms with Crippen LogP contribution in [0.3, 0.4) is 0 Å². The zero-order valence-electron chi connectivity index (χ0n) is 18.4. The van der Waals surface area contributed by atoms with Crippen LogP contribution >= 0.6 is 23.4 Å². The highest BCUT2D eigenvalue weighted by Gasteiger charge is 2.17. The van der Waals surface area contributed by atoms with Crippen LogP contribution in [0.1, 0.15) is 5.56 Å². The number of hydrazone groups is 1. The van der Waals surface area contributed by atoms with E-state index < -0.39 is 0 Å². The molecule has 0 aliphatic rings. The van der Waals surface area contributed by atoms with Gasteiger partial charge in [0.1, 0.15) is 17.2 Å². The molecule has 0 unspecified atom stereocenters. The molecule has 0 aliphatic carbocycles. The minimum absolute atomic E-state index is 0.0211. The molecule has 0 saturated heterocycles. The third-order valence-electron chi connectivity index (χ3n) is 4.81. The van der Waals surface area contributed by atoms with E-state index in [1.807, 2.05) is 41.0 Å². The first kappa shape index (κ1) is 24.1. The van der Waals surface area contributed by atoms with Crippen LogP contribution in [-0.2, 0) is 4.79 Å². The lowest BCUT2D eigenvalue weighted by atomic mass is 10.2. The van der Waals surface area contributed by atoms with Gasteiger partial charge in [-0.3, -0.25) is 9.36 Å². The molecule has 4 rings (SSSR count). The molecule has 9 nitrogen and oxygen atoms in total. The minimum Gasteiger partial charge on any atom is -0.508 e. The van der Waals surface area contributed by atoms with Crippen molar-refractivity contribution in [3.63, 3.8) is 0 Å². The van der Waals surface area contributed by atoms with Gasteiger partial charge in [0.05, 0.1) is 19.1 Å². The Morgan fingerprint density at radius 2 is 1.86 bits per heavy atom. The SMILES string of the molecule is COc1ccc(-c2nnc(SCC(=O)N/N=C\c3ccc(O)cc3O)n2-c2ccc(Cl)cc2)cc1. The van der Waals surface area contributed by atoms with Gasteiger partial charge >= 0.3 is 0 Å². The van der Waals surface area contributed by atoms with Crippen molar-refractivity contribution >= 4 is 35.5 Å². The summed E-state index contributed by atoms with van der Waals surface area (Å²) in [6.07, 6.45) is 1.29. The summed E-state index contributed by atoms with van der Waals surface area (Å²) in [5, 5.41) is 32.7. The number of methoxy groups -OCH3 is 1. The van der Waals surface area contributed by atoms with Crippen LogP contribution in [-0.4, -0.2) is 50.0 Å². The quantitative estimate of drug-likeness (QED) is 0.184. The summed E-state index contributed by atoms with van der Waals surface area (Å²) < 4.78 is 7.07. The molecule has 0 atom stereocenters. The van der Waals surface area contributed by atoms with Crippen LogP contribution in [0.5, 0.6) is 17.2 Å². The Hall–Kier alpha value is -4.02. The number of benzene rings is 3. The van der Waals surface area contributed by atoms with E-state index in [-0.39, 0.29) is 23.2 Å². The molecule has 178 valence electrons. The summed E-state index contributed by atoms with van der Waals surface area (Å²) in [5.74, 6) is 0.741. The van der Waals surface area contributed by atoms with E-state index in [4.69, 9.17) is 16.3 Å². The van der Waals surface area contributed by atoms with Crippen LogP contribution in [0, 0.1) is 0 Å². The normalized spacial score (nSPS) is 11.0. The number of aromatic hydroxyl groups is 2. The van der Waals surface area contributed by atoms with Gasteiger partial charge in [0.2, 0.25) is 0 Å². The molecule has 0 radical (unpaired) electrons.